The molecular formula is C27H31N5O5S2. The molecule has 0 unspecified atom stereocenters. The Labute approximate surface area is 232 Å². The molecule has 1 N–H and O–H groups in total. The first-order chi connectivity index (χ1) is 18.6. The van der Waals surface area contributed by atoms with Gasteiger partial charge in [-0.3, -0.25) is 14.4 Å². The SMILES string of the molecule is CCOCc1cc(CN(C(C)=O)c2nnc(CC)s2)ccc1-c1ccccc1S(=O)(=O)Nc1noc(C)c1C. The number of aryl methyl sites for hydroxylation is 2. The molecule has 0 atom stereocenters. The molecule has 206 valence electrons. The molecule has 0 aliphatic rings. The van der Waals surface area contributed by atoms with Crippen molar-refractivity contribution in [2.24, 2.45) is 0 Å². The molecule has 4 aromatic rings. The van der Waals surface area contributed by atoms with Crippen LogP contribution in [0.1, 0.15) is 48.2 Å². The minimum Gasteiger partial charge on any atom is -0.377 e. The van der Waals surface area contributed by atoms with E-state index in [1.807, 2.05) is 32.0 Å². The summed E-state index contributed by atoms with van der Waals surface area (Å²) >= 11 is 1.39. The molecule has 2 heterocycles. The molecule has 10 nitrogen and oxygen atoms in total. The number of nitrogens with one attached hydrogen (secondary N) is 1. The van der Waals surface area contributed by atoms with Gasteiger partial charge in [-0.2, -0.15) is 0 Å². The number of benzene rings is 2. The molecule has 0 radical (unpaired) electrons. The fraction of sp³-hybridized carbons (Fsp3) is 0.333. The van der Waals surface area contributed by atoms with Crippen molar-refractivity contribution >= 4 is 38.2 Å². The normalized spacial score (nSPS) is 11.5. The fourth-order valence-corrected chi connectivity index (χ4v) is 6.05. The number of amides is 1. The molecule has 2 aromatic heterocycles. The van der Waals surface area contributed by atoms with Gasteiger partial charge in [-0.15, -0.1) is 10.2 Å². The molecule has 0 saturated heterocycles. The van der Waals surface area contributed by atoms with Crippen LogP contribution in [0.2, 0.25) is 0 Å². The Morgan fingerprint density at radius 2 is 1.87 bits per heavy atom. The molecule has 12 heteroatoms. The molecule has 0 fully saturated rings. The second-order valence-corrected chi connectivity index (χ2v) is 11.6. The molecule has 4 rings (SSSR count). The van der Waals surface area contributed by atoms with Crippen LogP contribution in [0, 0.1) is 13.8 Å². The van der Waals surface area contributed by atoms with Crippen LogP contribution >= 0.6 is 11.3 Å². The Bertz CT molecular complexity index is 1580. The van der Waals surface area contributed by atoms with Crippen molar-refractivity contribution in [3.63, 3.8) is 0 Å². The van der Waals surface area contributed by atoms with Gasteiger partial charge in [-0.05, 0) is 49.9 Å². The van der Waals surface area contributed by atoms with Crippen LogP contribution in [-0.2, 0) is 39.1 Å². The topological polar surface area (TPSA) is 128 Å². The zero-order chi connectivity index (χ0) is 28.2. The largest absolute Gasteiger partial charge is 0.377 e. The predicted molar refractivity (Wildman–Crippen MR) is 150 cm³/mol. The van der Waals surface area contributed by atoms with Crippen molar-refractivity contribution in [3.8, 4) is 11.1 Å². The number of ether oxygens (including phenoxy) is 1. The summed E-state index contributed by atoms with van der Waals surface area (Å²) < 4.78 is 40.4. The molecule has 0 bridgehead atoms. The van der Waals surface area contributed by atoms with Gasteiger partial charge >= 0.3 is 0 Å². The van der Waals surface area contributed by atoms with Crippen molar-refractivity contribution < 1.29 is 22.5 Å². The molecule has 0 aliphatic carbocycles. The highest BCUT2D eigenvalue weighted by Gasteiger charge is 2.24. The van der Waals surface area contributed by atoms with Gasteiger partial charge in [0.2, 0.25) is 11.0 Å². The minimum absolute atomic E-state index is 0.0990. The molecule has 39 heavy (non-hydrogen) atoms. The van der Waals surface area contributed by atoms with E-state index in [1.54, 1.807) is 43.0 Å². The lowest BCUT2D eigenvalue weighted by Gasteiger charge is -2.20. The zero-order valence-corrected chi connectivity index (χ0v) is 24.1. The Morgan fingerprint density at radius 1 is 1.10 bits per heavy atom. The zero-order valence-electron chi connectivity index (χ0n) is 22.5. The van der Waals surface area contributed by atoms with Crippen LogP contribution in [0.3, 0.4) is 0 Å². The van der Waals surface area contributed by atoms with E-state index < -0.39 is 10.0 Å². The maximum atomic E-state index is 13.5. The quantitative estimate of drug-likeness (QED) is 0.259. The van der Waals surface area contributed by atoms with Gasteiger partial charge in [-0.25, -0.2) is 8.42 Å². The van der Waals surface area contributed by atoms with Crippen LogP contribution in [0.15, 0.2) is 51.9 Å². The Hall–Kier alpha value is -3.61. The van der Waals surface area contributed by atoms with Crippen LogP contribution < -0.4 is 9.62 Å². The molecule has 0 aliphatic heterocycles. The van der Waals surface area contributed by atoms with E-state index in [0.29, 0.717) is 40.7 Å². The Morgan fingerprint density at radius 3 is 2.51 bits per heavy atom. The fourth-order valence-electron chi connectivity index (χ4n) is 3.95. The van der Waals surface area contributed by atoms with Gasteiger partial charge in [0, 0.05) is 24.7 Å². The van der Waals surface area contributed by atoms with Gasteiger partial charge in [0.05, 0.1) is 18.0 Å². The summed E-state index contributed by atoms with van der Waals surface area (Å²) in [5.41, 5.74) is 3.49. The van der Waals surface area contributed by atoms with E-state index in [2.05, 4.69) is 20.1 Å². The lowest BCUT2D eigenvalue weighted by Crippen LogP contribution is -2.27. The van der Waals surface area contributed by atoms with Crippen LogP contribution in [0.5, 0.6) is 0 Å². The van der Waals surface area contributed by atoms with E-state index in [9.17, 15) is 13.2 Å². The molecular weight excluding hydrogens is 538 g/mol. The first-order valence-corrected chi connectivity index (χ1v) is 14.8. The highest BCUT2D eigenvalue weighted by Crippen LogP contribution is 2.33. The van der Waals surface area contributed by atoms with Crippen molar-refractivity contribution in [1.29, 1.82) is 0 Å². The average Bonchev–Trinajstić information content (AvgIpc) is 3.52. The molecule has 0 spiro atoms. The smallest absolute Gasteiger partial charge is 0.263 e. The summed E-state index contributed by atoms with van der Waals surface area (Å²) in [6.07, 6.45) is 0.740. The summed E-state index contributed by atoms with van der Waals surface area (Å²) in [6, 6.07) is 12.4. The van der Waals surface area contributed by atoms with Crippen molar-refractivity contribution in [2.45, 2.75) is 59.1 Å². The number of nitrogens with zero attached hydrogens (tertiary/aromatic N) is 4. The van der Waals surface area contributed by atoms with E-state index in [1.165, 1.54) is 18.3 Å². The maximum absolute atomic E-state index is 13.5. The lowest BCUT2D eigenvalue weighted by molar-refractivity contribution is -0.116. The lowest BCUT2D eigenvalue weighted by atomic mass is 9.97. The third kappa shape index (κ3) is 6.35. The van der Waals surface area contributed by atoms with Gasteiger partial charge in [-0.1, -0.05) is 59.8 Å². The predicted octanol–water partition coefficient (Wildman–Crippen LogP) is 5.26. The number of rotatable bonds is 11. The van der Waals surface area contributed by atoms with Crippen molar-refractivity contribution in [3.05, 3.63) is 69.9 Å². The number of hydrogen-bond donors (Lipinski definition) is 1. The maximum Gasteiger partial charge on any atom is 0.263 e. The van der Waals surface area contributed by atoms with E-state index >= 15 is 0 Å². The van der Waals surface area contributed by atoms with E-state index in [4.69, 9.17) is 9.26 Å². The second kappa shape index (κ2) is 12.1. The molecule has 0 saturated carbocycles. The number of anilines is 2. The van der Waals surface area contributed by atoms with E-state index in [-0.39, 0.29) is 23.2 Å². The number of carbonyl (C=O) groups excluding carboxylic acids is 1. The van der Waals surface area contributed by atoms with Crippen LogP contribution in [0.4, 0.5) is 10.9 Å². The summed E-state index contributed by atoms with van der Waals surface area (Å²) in [4.78, 5) is 14.2. The Balaban J connectivity index is 1.73. The van der Waals surface area contributed by atoms with Gasteiger partial charge < -0.3 is 9.26 Å². The number of aromatic nitrogens is 3. The molecule has 2 aromatic carbocycles. The summed E-state index contributed by atoms with van der Waals surface area (Å²) in [5, 5.41) is 13.6. The third-order valence-electron chi connectivity index (χ3n) is 6.20. The highest BCUT2D eigenvalue weighted by atomic mass is 32.2. The number of carbonyl (C=O) groups is 1. The average molecular weight is 570 g/mol. The number of sulfonamides is 1. The summed E-state index contributed by atoms with van der Waals surface area (Å²) in [5.74, 6) is 0.541. The minimum atomic E-state index is -4.00. The van der Waals surface area contributed by atoms with Crippen molar-refractivity contribution in [1.82, 2.24) is 15.4 Å². The summed E-state index contributed by atoms with van der Waals surface area (Å²) in [6.45, 7) is 9.88. The summed E-state index contributed by atoms with van der Waals surface area (Å²) in [7, 11) is -4.00. The standard InChI is InChI=1S/C27H31N5O5S2/c1-6-25-28-29-27(38-25)32(19(5)33)15-20-12-13-22(21(14-20)16-36-7-2)23-10-8-9-11-24(23)39(34,35)31-26-17(3)18(4)37-30-26/h8-14H,6-7,15-16H2,1-5H3,(H,30,31). The molecule has 1 amide bonds. The van der Waals surface area contributed by atoms with Gasteiger partial charge in [0.1, 0.15) is 10.8 Å². The monoisotopic (exact) mass is 569 g/mol. The van der Waals surface area contributed by atoms with Crippen LogP contribution in [-0.4, -0.2) is 36.3 Å². The highest BCUT2D eigenvalue weighted by molar-refractivity contribution is 7.92. The first kappa shape index (κ1) is 28.4. The van der Waals surface area contributed by atoms with Gasteiger partial charge in [0.15, 0.2) is 5.82 Å². The van der Waals surface area contributed by atoms with Crippen LogP contribution in [0.25, 0.3) is 11.1 Å². The number of hydrogen-bond acceptors (Lipinski definition) is 9. The van der Waals surface area contributed by atoms with E-state index in [0.717, 1.165) is 22.6 Å². The second-order valence-electron chi connectivity index (χ2n) is 8.88. The Kier molecular flexibility index (Phi) is 8.78. The van der Waals surface area contributed by atoms with Gasteiger partial charge in [0.25, 0.3) is 10.0 Å². The third-order valence-corrected chi connectivity index (χ3v) is 8.68. The van der Waals surface area contributed by atoms with Crippen molar-refractivity contribution in [2.75, 3.05) is 16.2 Å². The first-order valence-electron chi connectivity index (χ1n) is 12.5.